The van der Waals surface area contributed by atoms with E-state index in [1.165, 1.54) is 48.0 Å². The standard InChI is InChI=1S/C24H18F4N4O2/c1-13-2-3-14(10-17(13)24(26,27)28)19-12-32-20(22(34)29-19)11-18(31-32)21(33)30-23(8-9-23)15-4-6-16(25)7-5-15/h2-7,10-12H,8-9H2,1H3,(H,29,34)(H,30,33). The fraction of sp³-hybridized carbons (Fsp3) is 0.208. The number of amides is 1. The Morgan fingerprint density at radius 2 is 1.82 bits per heavy atom. The molecule has 0 unspecified atom stereocenters. The maximum Gasteiger partial charge on any atom is 0.416 e. The number of nitrogens with zero attached hydrogens (tertiary/aromatic N) is 2. The summed E-state index contributed by atoms with van der Waals surface area (Å²) < 4.78 is 54.3. The van der Waals surface area contributed by atoms with Crippen LogP contribution in [0.5, 0.6) is 0 Å². The van der Waals surface area contributed by atoms with Gasteiger partial charge < -0.3 is 10.3 Å². The number of nitrogens with one attached hydrogen (secondary N) is 2. The Labute approximate surface area is 190 Å². The topological polar surface area (TPSA) is 79.3 Å². The van der Waals surface area contributed by atoms with E-state index in [9.17, 15) is 27.2 Å². The van der Waals surface area contributed by atoms with E-state index in [-0.39, 0.29) is 33.8 Å². The first-order valence-corrected chi connectivity index (χ1v) is 10.5. The summed E-state index contributed by atoms with van der Waals surface area (Å²) in [4.78, 5) is 28.0. The van der Waals surface area contributed by atoms with Gasteiger partial charge in [0, 0.05) is 11.6 Å². The highest BCUT2D eigenvalue weighted by atomic mass is 19.4. The molecule has 2 aromatic heterocycles. The fourth-order valence-electron chi connectivity index (χ4n) is 4.02. The van der Waals surface area contributed by atoms with Gasteiger partial charge in [-0.3, -0.25) is 9.59 Å². The van der Waals surface area contributed by atoms with Crippen LogP contribution in [0.25, 0.3) is 16.8 Å². The monoisotopic (exact) mass is 470 g/mol. The van der Waals surface area contributed by atoms with Gasteiger partial charge in [0.05, 0.1) is 23.0 Å². The van der Waals surface area contributed by atoms with Crippen molar-refractivity contribution in [1.82, 2.24) is 19.9 Å². The first kappa shape index (κ1) is 21.9. The molecule has 10 heteroatoms. The van der Waals surface area contributed by atoms with Crippen LogP contribution >= 0.6 is 0 Å². The van der Waals surface area contributed by atoms with Gasteiger partial charge in [0.1, 0.15) is 11.3 Å². The number of benzene rings is 2. The van der Waals surface area contributed by atoms with Crippen LogP contribution < -0.4 is 10.9 Å². The zero-order valence-electron chi connectivity index (χ0n) is 17.8. The number of alkyl halides is 3. The molecule has 1 aliphatic carbocycles. The summed E-state index contributed by atoms with van der Waals surface area (Å²) in [7, 11) is 0. The van der Waals surface area contributed by atoms with E-state index in [1.807, 2.05) is 0 Å². The summed E-state index contributed by atoms with van der Waals surface area (Å²) >= 11 is 0. The largest absolute Gasteiger partial charge is 0.416 e. The predicted molar refractivity (Wildman–Crippen MR) is 116 cm³/mol. The van der Waals surface area contributed by atoms with Crippen LogP contribution in [0.1, 0.15) is 40.0 Å². The zero-order chi connectivity index (χ0) is 24.3. The lowest BCUT2D eigenvalue weighted by molar-refractivity contribution is -0.138. The molecule has 2 N–H and O–H groups in total. The molecule has 0 atom stereocenters. The van der Waals surface area contributed by atoms with Gasteiger partial charge in [0.25, 0.3) is 11.5 Å². The Morgan fingerprint density at radius 1 is 1.12 bits per heavy atom. The van der Waals surface area contributed by atoms with Crippen molar-refractivity contribution in [1.29, 1.82) is 0 Å². The summed E-state index contributed by atoms with van der Waals surface area (Å²) in [5, 5.41) is 7.07. The van der Waals surface area contributed by atoms with Crippen LogP contribution in [-0.4, -0.2) is 20.5 Å². The molecule has 0 radical (unpaired) electrons. The van der Waals surface area contributed by atoms with Crippen molar-refractivity contribution in [3.8, 4) is 11.3 Å². The van der Waals surface area contributed by atoms with Crippen molar-refractivity contribution in [3.05, 3.63) is 93.3 Å². The van der Waals surface area contributed by atoms with Crippen molar-refractivity contribution in [2.75, 3.05) is 0 Å². The minimum absolute atomic E-state index is 0.0177. The zero-order valence-corrected chi connectivity index (χ0v) is 17.8. The van der Waals surface area contributed by atoms with E-state index < -0.39 is 28.7 Å². The number of halogens is 4. The van der Waals surface area contributed by atoms with E-state index in [4.69, 9.17) is 0 Å². The molecule has 5 rings (SSSR count). The molecule has 1 fully saturated rings. The smallest absolute Gasteiger partial charge is 0.341 e. The highest BCUT2D eigenvalue weighted by Gasteiger charge is 2.46. The molecule has 174 valence electrons. The number of H-pyrrole nitrogens is 1. The number of hydrogen-bond acceptors (Lipinski definition) is 3. The second kappa shape index (κ2) is 7.54. The summed E-state index contributed by atoms with van der Waals surface area (Å²) in [6, 6.07) is 10.9. The Bertz CT molecular complexity index is 1480. The average Bonchev–Trinajstić information content (AvgIpc) is 3.41. The van der Waals surface area contributed by atoms with Gasteiger partial charge in [0.15, 0.2) is 5.69 Å². The van der Waals surface area contributed by atoms with Crippen LogP contribution in [0.15, 0.2) is 59.5 Å². The molecule has 0 spiro atoms. The molecule has 1 amide bonds. The van der Waals surface area contributed by atoms with E-state index in [2.05, 4.69) is 15.4 Å². The van der Waals surface area contributed by atoms with Crippen LogP contribution in [0.4, 0.5) is 17.6 Å². The first-order chi connectivity index (χ1) is 16.1. The van der Waals surface area contributed by atoms with Crippen LogP contribution in [-0.2, 0) is 11.7 Å². The second-order valence-corrected chi connectivity index (χ2v) is 8.43. The highest BCUT2D eigenvalue weighted by molar-refractivity contribution is 5.94. The SMILES string of the molecule is Cc1ccc(-c2cn3nc(C(=O)NC4(c5ccc(F)cc5)CC4)cc3c(=O)[nH]2)cc1C(F)(F)F. The van der Waals surface area contributed by atoms with Crippen molar-refractivity contribution in [2.45, 2.75) is 31.5 Å². The Kier molecular flexibility index (Phi) is 4.85. The van der Waals surface area contributed by atoms with Gasteiger partial charge in [0.2, 0.25) is 0 Å². The number of rotatable bonds is 4. The van der Waals surface area contributed by atoms with Gasteiger partial charge in [-0.2, -0.15) is 18.3 Å². The molecular weight excluding hydrogens is 452 g/mol. The number of aryl methyl sites for hydroxylation is 1. The normalized spacial score (nSPS) is 14.9. The molecule has 0 bridgehead atoms. The van der Waals surface area contributed by atoms with E-state index in [0.29, 0.717) is 12.8 Å². The number of hydrogen-bond donors (Lipinski definition) is 2. The van der Waals surface area contributed by atoms with Gasteiger partial charge >= 0.3 is 6.18 Å². The Balaban J connectivity index is 1.47. The number of fused-ring (bicyclic) bond motifs is 1. The molecule has 4 aromatic rings. The van der Waals surface area contributed by atoms with Gasteiger partial charge in [-0.15, -0.1) is 0 Å². The molecule has 6 nitrogen and oxygen atoms in total. The lowest BCUT2D eigenvalue weighted by Crippen LogP contribution is -2.35. The molecule has 0 aliphatic heterocycles. The lowest BCUT2D eigenvalue weighted by Gasteiger charge is -2.17. The molecule has 1 aliphatic rings. The van der Waals surface area contributed by atoms with Crippen LogP contribution in [0.3, 0.4) is 0 Å². The minimum Gasteiger partial charge on any atom is -0.341 e. The van der Waals surface area contributed by atoms with Crippen LogP contribution in [0, 0.1) is 12.7 Å². The number of aromatic amines is 1. The third-order valence-electron chi connectivity index (χ3n) is 6.05. The van der Waals surface area contributed by atoms with Crippen molar-refractivity contribution in [2.24, 2.45) is 0 Å². The van der Waals surface area contributed by atoms with E-state index in [1.54, 1.807) is 12.1 Å². The average molecular weight is 470 g/mol. The maximum absolute atomic E-state index is 13.3. The summed E-state index contributed by atoms with van der Waals surface area (Å²) in [6.45, 7) is 1.36. The molecule has 0 saturated heterocycles. The van der Waals surface area contributed by atoms with Crippen LogP contribution in [0.2, 0.25) is 0 Å². The molecule has 2 heterocycles. The quantitative estimate of drug-likeness (QED) is 0.429. The van der Waals surface area contributed by atoms with E-state index in [0.717, 1.165) is 11.6 Å². The summed E-state index contributed by atoms with van der Waals surface area (Å²) in [5.74, 6) is -0.890. The number of carbonyl (C=O) groups excluding carboxylic acids is 1. The molecule has 1 saturated carbocycles. The van der Waals surface area contributed by atoms with E-state index >= 15 is 0 Å². The minimum atomic E-state index is -4.54. The maximum atomic E-state index is 13.3. The second-order valence-electron chi connectivity index (χ2n) is 8.43. The molecule has 2 aromatic carbocycles. The fourth-order valence-corrected chi connectivity index (χ4v) is 4.02. The lowest BCUT2D eigenvalue weighted by atomic mass is 10.0. The molecule has 34 heavy (non-hydrogen) atoms. The highest BCUT2D eigenvalue weighted by Crippen LogP contribution is 2.45. The number of carbonyl (C=O) groups is 1. The summed E-state index contributed by atoms with van der Waals surface area (Å²) in [6.07, 6.45) is -1.81. The van der Waals surface area contributed by atoms with Gasteiger partial charge in [-0.25, -0.2) is 8.91 Å². The van der Waals surface area contributed by atoms with Crippen molar-refractivity contribution in [3.63, 3.8) is 0 Å². The number of aromatic nitrogens is 3. The molecular formula is C24H18F4N4O2. The summed E-state index contributed by atoms with van der Waals surface area (Å²) in [5.41, 5.74) is -0.846. The first-order valence-electron chi connectivity index (χ1n) is 10.5. The Morgan fingerprint density at radius 3 is 2.47 bits per heavy atom. The van der Waals surface area contributed by atoms with Gasteiger partial charge in [-0.05, 0) is 49.1 Å². The third kappa shape index (κ3) is 3.85. The van der Waals surface area contributed by atoms with Crippen molar-refractivity contribution < 1.29 is 22.4 Å². The van der Waals surface area contributed by atoms with Gasteiger partial charge in [-0.1, -0.05) is 24.3 Å². The Hall–Kier alpha value is -3.95. The van der Waals surface area contributed by atoms with Crippen molar-refractivity contribution >= 4 is 11.4 Å². The predicted octanol–water partition coefficient (Wildman–Crippen LogP) is 4.58. The third-order valence-corrected chi connectivity index (χ3v) is 6.05.